The van der Waals surface area contributed by atoms with Crippen LogP contribution in [0.15, 0.2) is 0 Å². The number of nitrogens with zero attached hydrogens (tertiary/aromatic N) is 2. The fourth-order valence-corrected chi connectivity index (χ4v) is 1.52. The van der Waals surface area contributed by atoms with Crippen LogP contribution in [0.4, 0.5) is 5.82 Å². The SMILES string of the molecule is Nc1nc(CCO)nc2c1COCC2. The van der Waals surface area contributed by atoms with Crippen LogP contribution >= 0.6 is 0 Å². The average Bonchev–Trinajstić information content (AvgIpc) is 2.18. The third kappa shape index (κ3) is 1.69. The van der Waals surface area contributed by atoms with Gasteiger partial charge in [-0.15, -0.1) is 0 Å². The Bertz CT molecular complexity index is 341. The van der Waals surface area contributed by atoms with Crippen molar-refractivity contribution in [1.82, 2.24) is 9.97 Å². The summed E-state index contributed by atoms with van der Waals surface area (Å²) in [6.45, 7) is 1.23. The number of aliphatic hydroxyl groups is 1. The van der Waals surface area contributed by atoms with E-state index in [0.29, 0.717) is 31.3 Å². The largest absolute Gasteiger partial charge is 0.396 e. The molecular weight excluding hydrogens is 182 g/mol. The van der Waals surface area contributed by atoms with Crippen molar-refractivity contribution in [3.63, 3.8) is 0 Å². The lowest BCUT2D eigenvalue weighted by Crippen LogP contribution is -2.17. The van der Waals surface area contributed by atoms with Crippen LogP contribution < -0.4 is 5.73 Å². The average molecular weight is 195 g/mol. The zero-order valence-electron chi connectivity index (χ0n) is 7.86. The third-order valence-corrected chi connectivity index (χ3v) is 2.24. The summed E-state index contributed by atoms with van der Waals surface area (Å²) >= 11 is 0. The van der Waals surface area contributed by atoms with Crippen molar-refractivity contribution < 1.29 is 9.84 Å². The minimum Gasteiger partial charge on any atom is -0.396 e. The summed E-state index contributed by atoms with van der Waals surface area (Å²) in [5.41, 5.74) is 7.63. The molecule has 5 heteroatoms. The van der Waals surface area contributed by atoms with Crippen molar-refractivity contribution in [2.45, 2.75) is 19.4 Å². The fourth-order valence-electron chi connectivity index (χ4n) is 1.52. The lowest BCUT2D eigenvalue weighted by atomic mass is 10.1. The Labute approximate surface area is 81.9 Å². The summed E-state index contributed by atoms with van der Waals surface area (Å²) in [4.78, 5) is 8.44. The number of hydrogen-bond donors (Lipinski definition) is 2. The van der Waals surface area contributed by atoms with Gasteiger partial charge in [-0.05, 0) is 0 Å². The van der Waals surface area contributed by atoms with E-state index in [1.807, 2.05) is 0 Å². The molecule has 2 rings (SSSR count). The molecule has 14 heavy (non-hydrogen) atoms. The van der Waals surface area contributed by atoms with Gasteiger partial charge in [-0.25, -0.2) is 9.97 Å². The quantitative estimate of drug-likeness (QED) is 0.675. The van der Waals surface area contributed by atoms with Crippen LogP contribution in [0.5, 0.6) is 0 Å². The number of rotatable bonds is 2. The van der Waals surface area contributed by atoms with Gasteiger partial charge >= 0.3 is 0 Å². The molecule has 0 saturated heterocycles. The molecule has 0 aliphatic carbocycles. The minimum absolute atomic E-state index is 0.0503. The molecule has 76 valence electrons. The normalized spacial score (nSPS) is 15.2. The van der Waals surface area contributed by atoms with E-state index in [1.165, 1.54) is 0 Å². The molecule has 2 heterocycles. The molecule has 1 aliphatic heterocycles. The van der Waals surface area contributed by atoms with Crippen molar-refractivity contribution in [3.05, 3.63) is 17.1 Å². The van der Waals surface area contributed by atoms with Gasteiger partial charge in [0, 0.05) is 18.4 Å². The van der Waals surface area contributed by atoms with E-state index < -0.39 is 0 Å². The summed E-state index contributed by atoms with van der Waals surface area (Å²) in [7, 11) is 0. The van der Waals surface area contributed by atoms with E-state index in [1.54, 1.807) is 0 Å². The second-order valence-electron chi connectivity index (χ2n) is 3.23. The predicted octanol–water partition coefficient (Wildman–Crippen LogP) is -0.334. The maximum Gasteiger partial charge on any atom is 0.133 e. The van der Waals surface area contributed by atoms with Crippen molar-refractivity contribution in [3.8, 4) is 0 Å². The Morgan fingerprint density at radius 3 is 3.07 bits per heavy atom. The first-order valence-corrected chi connectivity index (χ1v) is 4.64. The third-order valence-electron chi connectivity index (χ3n) is 2.24. The molecule has 1 aromatic heterocycles. The van der Waals surface area contributed by atoms with Crippen LogP contribution in [-0.4, -0.2) is 28.3 Å². The number of aliphatic hydroxyl groups excluding tert-OH is 1. The Kier molecular flexibility index (Phi) is 2.60. The standard InChI is InChI=1S/C9H13N3O2/c10-9-6-5-14-4-2-7(6)11-8(12-9)1-3-13/h13H,1-5H2,(H2,10,11,12). The van der Waals surface area contributed by atoms with Gasteiger partial charge in [0.1, 0.15) is 11.6 Å². The number of anilines is 1. The summed E-state index contributed by atoms with van der Waals surface area (Å²) < 4.78 is 5.27. The van der Waals surface area contributed by atoms with E-state index in [-0.39, 0.29) is 6.61 Å². The number of aromatic nitrogens is 2. The van der Waals surface area contributed by atoms with Crippen LogP contribution in [0.3, 0.4) is 0 Å². The number of fused-ring (bicyclic) bond motifs is 1. The van der Waals surface area contributed by atoms with E-state index in [2.05, 4.69) is 9.97 Å². The molecule has 0 saturated carbocycles. The molecule has 5 nitrogen and oxygen atoms in total. The second-order valence-corrected chi connectivity index (χ2v) is 3.23. The predicted molar refractivity (Wildman–Crippen MR) is 50.6 cm³/mol. The molecule has 0 radical (unpaired) electrons. The van der Waals surface area contributed by atoms with Gasteiger partial charge in [-0.3, -0.25) is 0 Å². The molecule has 0 bridgehead atoms. The van der Waals surface area contributed by atoms with E-state index >= 15 is 0 Å². The first kappa shape index (κ1) is 9.36. The highest BCUT2D eigenvalue weighted by Crippen LogP contribution is 2.19. The van der Waals surface area contributed by atoms with Crippen molar-refractivity contribution in [2.24, 2.45) is 0 Å². The summed E-state index contributed by atoms with van der Waals surface area (Å²) in [5, 5.41) is 8.77. The van der Waals surface area contributed by atoms with Gasteiger partial charge in [0.25, 0.3) is 0 Å². The summed E-state index contributed by atoms with van der Waals surface area (Å²) in [5.74, 6) is 1.10. The molecule has 0 spiro atoms. The van der Waals surface area contributed by atoms with Crippen molar-refractivity contribution >= 4 is 5.82 Å². The Hall–Kier alpha value is -1.20. The lowest BCUT2D eigenvalue weighted by Gasteiger charge is -2.17. The van der Waals surface area contributed by atoms with Crippen LogP contribution in [-0.2, 0) is 24.2 Å². The van der Waals surface area contributed by atoms with Crippen LogP contribution in [0, 0.1) is 0 Å². The fraction of sp³-hybridized carbons (Fsp3) is 0.556. The van der Waals surface area contributed by atoms with Gasteiger partial charge in [0.05, 0.1) is 25.5 Å². The molecule has 0 fully saturated rings. The molecule has 0 amide bonds. The maximum atomic E-state index is 8.77. The van der Waals surface area contributed by atoms with E-state index in [9.17, 15) is 0 Å². The monoisotopic (exact) mass is 195 g/mol. The topological polar surface area (TPSA) is 81.3 Å². The molecule has 1 aliphatic rings. The molecule has 3 N–H and O–H groups in total. The minimum atomic E-state index is 0.0503. The van der Waals surface area contributed by atoms with Crippen molar-refractivity contribution in [1.29, 1.82) is 0 Å². The van der Waals surface area contributed by atoms with Gasteiger partial charge in [-0.2, -0.15) is 0 Å². The Morgan fingerprint density at radius 2 is 2.29 bits per heavy atom. The van der Waals surface area contributed by atoms with Crippen LogP contribution in [0.25, 0.3) is 0 Å². The smallest absolute Gasteiger partial charge is 0.133 e. The van der Waals surface area contributed by atoms with E-state index in [4.69, 9.17) is 15.6 Å². The van der Waals surface area contributed by atoms with Gasteiger partial charge in [0.2, 0.25) is 0 Å². The molecule has 0 aromatic carbocycles. The highest BCUT2D eigenvalue weighted by atomic mass is 16.5. The van der Waals surface area contributed by atoms with Gasteiger partial charge in [0.15, 0.2) is 0 Å². The number of nitrogen functional groups attached to an aromatic ring is 1. The van der Waals surface area contributed by atoms with E-state index in [0.717, 1.165) is 17.7 Å². The number of nitrogens with two attached hydrogens (primary N) is 1. The zero-order valence-corrected chi connectivity index (χ0v) is 7.86. The Morgan fingerprint density at radius 1 is 1.43 bits per heavy atom. The highest BCUT2D eigenvalue weighted by Gasteiger charge is 2.15. The molecule has 1 aromatic rings. The Balaban J connectivity index is 2.36. The number of hydrogen-bond acceptors (Lipinski definition) is 5. The van der Waals surface area contributed by atoms with Crippen molar-refractivity contribution in [2.75, 3.05) is 18.9 Å². The lowest BCUT2D eigenvalue weighted by molar-refractivity contribution is 0.109. The maximum absolute atomic E-state index is 8.77. The summed E-state index contributed by atoms with van der Waals surface area (Å²) in [6, 6.07) is 0. The first-order valence-electron chi connectivity index (χ1n) is 4.64. The van der Waals surface area contributed by atoms with Crippen LogP contribution in [0.2, 0.25) is 0 Å². The molecular formula is C9H13N3O2. The van der Waals surface area contributed by atoms with Crippen LogP contribution in [0.1, 0.15) is 17.1 Å². The molecule has 0 unspecified atom stereocenters. The summed E-state index contributed by atoms with van der Waals surface area (Å²) in [6.07, 6.45) is 1.23. The first-order chi connectivity index (χ1) is 6.81. The second kappa shape index (κ2) is 3.89. The number of ether oxygens (including phenoxy) is 1. The molecule has 0 atom stereocenters. The zero-order chi connectivity index (χ0) is 9.97. The van der Waals surface area contributed by atoms with Gasteiger partial charge < -0.3 is 15.6 Å². The van der Waals surface area contributed by atoms with Gasteiger partial charge in [-0.1, -0.05) is 0 Å². The highest BCUT2D eigenvalue weighted by molar-refractivity contribution is 5.42.